The highest BCUT2D eigenvalue weighted by Crippen LogP contribution is 2.21. The second-order valence-corrected chi connectivity index (χ2v) is 9.00. The van der Waals surface area contributed by atoms with E-state index in [-0.39, 0.29) is 36.0 Å². The molecule has 0 bridgehead atoms. The SMILES string of the molecule is COc1ccc([C@@H]([NH2+]CC(=O)N[C@@H]2CCS(=O)(=O)C2)c2ccccc2)cc1. The van der Waals surface area contributed by atoms with Gasteiger partial charge in [-0.3, -0.25) is 4.79 Å². The first kappa shape index (κ1) is 19.4. The Balaban J connectivity index is 1.67. The van der Waals surface area contributed by atoms with Crippen LogP contribution in [0.1, 0.15) is 23.6 Å². The number of nitrogens with two attached hydrogens (primary N) is 1. The van der Waals surface area contributed by atoms with E-state index in [0.29, 0.717) is 6.42 Å². The number of sulfone groups is 1. The number of quaternary nitrogens is 1. The first-order valence-electron chi connectivity index (χ1n) is 8.99. The fraction of sp³-hybridized carbons (Fsp3) is 0.350. The number of ether oxygens (including phenoxy) is 1. The van der Waals surface area contributed by atoms with Crippen molar-refractivity contribution < 1.29 is 23.3 Å². The average molecular weight is 389 g/mol. The fourth-order valence-electron chi connectivity index (χ4n) is 3.36. The van der Waals surface area contributed by atoms with Gasteiger partial charge >= 0.3 is 0 Å². The minimum Gasteiger partial charge on any atom is -0.497 e. The van der Waals surface area contributed by atoms with Crippen molar-refractivity contribution in [3.05, 3.63) is 65.7 Å². The standard InChI is InChI=1S/C20H24N2O4S/c1-26-18-9-7-16(8-10-18)20(15-5-3-2-4-6-15)21-13-19(23)22-17-11-12-27(24,25)14-17/h2-10,17,20-21H,11-14H2,1H3,(H,22,23)/p+1/t17-,20+/m1/s1. The van der Waals surface area contributed by atoms with Crippen LogP contribution in [0.3, 0.4) is 0 Å². The summed E-state index contributed by atoms with van der Waals surface area (Å²) < 4.78 is 28.3. The van der Waals surface area contributed by atoms with E-state index in [1.54, 1.807) is 7.11 Å². The van der Waals surface area contributed by atoms with Gasteiger partial charge < -0.3 is 15.4 Å². The molecular weight excluding hydrogens is 364 g/mol. The largest absolute Gasteiger partial charge is 0.497 e. The maximum atomic E-state index is 12.3. The number of amides is 1. The van der Waals surface area contributed by atoms with E-state index < -0.39 is 9.84 Å². The van der Waals surface area contributed by atoms with E-state index in [4.69, 9.17) is 4.74 Å². The van der Waals surface area contributed by atoms with E-state index >= 15 is 0 Å². The van der Waals surface area contributed by atoms with Gasteiger partial charge in [0.25, 0.3) is 5.91 Å². The van der Waals surface area contributed by atoms with Crippen LogP contribution in [-0.4, -0.2) is 45.5 Å². The van der Waals surface area contributed by atoms with Crippen LogP contribution < -0.4 is 15.4 Å². The number of benzene rings is 2. The van der Waals surface area contributed by atoms with Crippen molar-refractivity contribution in [2.45, 2.75) is 18.5 Å². The lowest BCUT2D eigenvalue weighted by Gasteiger charge is -2.18. The van der Waals surface area contributed by atoms with Crippen molar-refractivity contribution in [3.63, 3.8) is 0 Å². The molecule has 27 heavy (non-hydrogen) atoms. The van der Waals surface area contributed by atoms with Crippen LogP contribution in [0.4, 0.5) is 0 Å². The zero-order valence-corrected chi connectivity index (χ0v) is 16.1. The molecule has 1 aliphatic rings. The number of nitrogens with one attached hydrogen (secondary N) is 1. The van der Waals surface area contributed by atoms with Crippen LogP contribution in [0, 0.1) is 0 Å². The Morgan fingerprint density at radius 1 is 1.15 bits per heavy atom. The van der Waals surface area contributed by atoms with Crippen LogP contribution in [0.2, 0.25) is 0 Å². The maximum Gasteiger partial charge on any atom is 0.275 e. The van der Waals surface area contributed by atoms with Gasteiger partial charge in [-0.25, -0.2) is 8.42 Å². The molecule has 0 aromatic heterocycles. The summed E-state index contributed by atoms with van der Waals surface area (Å²) in [7, 11) is -1.37. The molecule has 6 nitrogen and oxygen atoms in total. The highest BCUT2D eigenvalue weighted by molar-refractivity contribution is 7.91. The van der Waals surface area contributed by atoms with Crippen molar-refractivity contribution >= 4 is 15.7 Å². The van der Waals surface area contributed by atoms with E-state index in [0.717, 1.165) is 16.9 Å². The van der Waals surface area contributed by atoms with Gasteiger partial charge in [-0.05, 0) is 30.7 Å². The Bertz CT molecular complexity index is 867. The molecule has 1 fully saturated rings. The molecule has 0 aliphatic carbocycles. The van der Waals surface area contributed by atoms with Crippen molar-refractivity contribution in [2.75, 3.05) is 25.2 Å². The summed E-state index contributed by atoms with van der Waals surface area (Å²) >= 11 is 0. The molecule has 1 amide bonds. The minimum absolute atomic E-state index is 0.0323. The normalized spacial score (nSPS) is 19.4. The van der Waals surface area contributed by atoms with Gasteiger partial charge in [-0.1, -0.05) is 30.3 Å². The highest BCUT2D eigenvalue weighted by Gasteiger charge is 2.29. The Morgan fingerprint density at radius 2 is 1.81 bits per heavy atom. The molecule has 1 aliphatic heterocycles. The molecule has 3 rings (SSSR count). The van der Waals surface area contributed by atoms with Crippen molar-refractivity contribution in [3.8, 4) is 5.75 Å². The topological polar surface area (TPSA) is 89.1 Å². The quantitative estimate of drug-likeness (QED) is 0.728. The monoisotopic (exact) mass is 389 g/mol. The summed E-state index contributed by atoms with van der Waals surface area (Å²) in [6.07, 6.45) is 0.495. The van der Waals surface area contributed by atoms with E-state index in [1.165, 1.54) is 0 Å². The molecule has 2 aromatic rings. The predicted molar refractivity (Wildman–Crippen MR) is 103 cm³/mol. The van der Waals surface area contributed by atoms with Gasteiger partial charge in [0.15, 0.2) is 16.4 Å². The third-order valence-corrected chi connectivity index (χ3v) is 6.54. The van der Waals surface area contributed by atoms with E-state index in [1.807, 2.05) is 59.9 Å². The van der Waals surface area contributed by atoms with Gasteiger partial charge in [0.1, 0.15) is 11.8 Å². The van der Waals surface area contributed by atoms with Gasteiger partial charge in [0.05, 0.1) is 18.6 Å². The van der Waals surface area contributed by atoms with Crippen molar-refractivity contribution in [1.82, 2.24) is 5.32 Å². The molecule has 7 heteroatoms. The van der Waals surface area contributed by atoms with Gasteiger partial charge in [-0.2, -0.15) is 0 Å². The first-order chi connectivity index (χ1) is 13.0. The van der Waals surface area contributed by atoms with E-state index in [2.05, 4.69) is 5.32 Å². The van der Waals surface area contributed by atoms with Crippen LogP contribution in [0.5, 0.6) is 5.75 Å². The zero-order chi connectivity index (χ0) is 19.3. The lowest BCUT2D eigenvalue weighted by molar-refractivity contribution is -0.676. The minimum atomic E-state index is -3.00. The summed E-state index contributed by atoms with van der Waals surface area (Å²) in [5.74, 6) is 0.830. The van der Waals surface area contributed by atoms with Crippen LogP contribution in [-0.2, 0) is 14.6 Å². The average Bonchev–Trinajstić information content (AvgIpc) is 3.01. The number of rotatable bonds is 7. The number of carbonyl (C=O) groups excluding carboxylic acids is 1. The summed E-state index contributed by atoms with van der Waals surface area (Å²) in [4.78, 5) is 12.3. The molecule has 1 saturated heterocycles. The molecule has 0 unspecified atom stereocenters. The van der Waals surface area contributed by atoms with Crippen LogP contribution in [0.25, 0.3) is 0 Å². The second-order valence-electron chi connectivity index (χ2n) is 6.77. The first-order valence-corrected chi connectivity index (χ1v) is 10.8. The summed E-state index contributed by atoms with van der Waals surface area (Å²) in [6, 6.07) is 17.5. The molecular formula is C20H25N2O4S+. The summed E-state index contributed by atoms with van der Waals surface area (Å²) in [5, 5.41) is 4.81. The molecule has 0 spiro atoms. The van der Waals surface area contributed by atoms with Crippen molar-refractivity contribution in [1.29, 1.82) is 0 Å². The Morgan fingerprint density at radius 3 is 2.41 bits per heavy atom. The smallest absolute Gasteiger partial charge is 0.275 e. The van der Waals surface area contributed by atoms with Gasteiger partial charge in [0, 0.05) is 17.2 Å². The van der Waals surface area contributed by atoms with Gasteiger partial charge in [-0.15, -0.1) is 0 Å². The molecule has 0 radical (unpaired) electrons. The number of methoxy groups -OCH3 is 1. The van der Waals surface area contributed by atoms with Crippen LogP contribution >= 0.6 is 0 Å². The molecule has 144 valence electrons. The third kappa shape index (κ3) is 5.30. The van der Waals surface area contributed by atoms with Crippen molar-refractivity contribution in [2.24, 2.45) is 0 Å². The Kier molecular flexibility index (Phi) is 6.13. The summed E-state index contributed by atoms with van der Waals surface area (Å²) in [6.45, 7) is 0.224. The molecule has 1 heterocycles. The maximum absolute atomic E-state index is 12.3. The second kappa shape index (κ2) is 8.54. The predicted octanol–water partition coefficient (Wildman–Crippen LogP) is 0.651. The van der Waals surface area contributed by atoms with E-state index in [9.17, 15) is 13.2 Å². The Labute approximate surface area is 159 Å². The lowest BCUT2D eigenvalue weighted by atomic mass is 9.98. The number of carbonyl (C=O) groups is 1. The van der Waals surface area contributed by atoms with Gasteiger partial charge in [0.2, 0.25) is 0 Å². The number of hydrogen-bond donors (Lipinski definition) is 2. The Hall–Kier alpha value is -2.38. The lowest BCUT2D eigenvalue weighted by Crippen LogP contribution is -2.88. The zero-order valence-electron chi connectivity index (χ0n) is 15.3. The third-order valence-electron chi connectivity index (χ3n) is 4.77. The molecule has 2 aromatic carbocycles. The fourth-order valence-corrected chi connectivity index (χ4v) is 5.03. The molecule has 0 saturated carbocycles. The molecule has 2 atom stereocenters. The molecule has 3 N–H and O–H groups in total. The number of hydrogen-bond acceptors (Lipinski definition) is 4. The highest BCUT2D eigenvalue weighted by atomic mass is 32.2. The summed E-state index contributed by atoms with van der Waals surface area (Å²) in [5.41, 5.74) is 2.16. The van der Waals surface area contributed by atoms with Crippen LogP contribution in [0.15, 0.2) is 54.6 Å².